The van der Waals surface area contributed by atoms with Crippen molar-refractivity contribution in [1.29, 1.82) is 0 Å². The lowest BCUT2D eigenvalue weighted by Crippen LogP contribution is -2.56. The maximum atomic E-state index is 14.2. The zero-order valence-corrected chi connectivity index (χ0v) is 24.7. The Morgan fingerprint density at radius 1 is 1.15 bits per heavy atom. The van der Waals surface area contributed by atoms with E-state index in [9.17, 15) is 14.4 Å². The summed E-state index contributed by atoms with van der Waals surface area (Å²) in [5, 5.41) is 7.88. The largest absolute Gasteiger partial charge is 0.355 e. The van der Waals surface area contributed by atoms with Crippen molar-refractivity contribution in [2.24, 2.45) is 11.8 Å². The summed E-state index contributed by atoms with van der Waals surface area (Å²) in [5.74, 6) is 0.417. The highest BCUT2D eigenvalue weighted by Crippen LogP contribution is 2.45. The molecule has 8 nitrogen and oxygen atoms in total. The van der Waals surface area contributed by atoms with Crippen molar-refractivity contribution in [2.45, 2.75) is 45.7 Å². The number of piperidine rings is 1. The highest BCUT2D eigenvalue weighted by atomic mass is 79.9. The average molecular weight is 613 g/mol. The minimum Gasteiger partial charge on any atom is -0.355 e. The van der Waals surface area contributed by atoms with Crippen LogP contribution in [0.5, 0.6) is 0 Å². The first-order chi connectivity index (χ1) is 18.6. The molecular weight excluding hydrogens is 582 g/mol. The van der Waals surface area contributed by atoms with Crippen molar-refractivity contribution >= 4 is 56.8 Å². The van der Waals surface area contributed by atoms with Crippen LogP contribution in [-0.2, 0) is 11.2 Å². The lowest BCUT2D eigenvalue weighted by molar-refractivity contribution is -0.126. The van der Waals surface area contributed by atoms with E-state index in [0.717, 1.165) is 22.3 Å². The third kappa shape index (κ3) is 4.98. The van der Waals surface area contributed by atoms with Gasteiger partial charge in [0, 0.05) is 40.8 Å². The van der Waals surface area contributed by atoms with Gasteiger partial charge in [-0.05, 0) is 84.1 Å². The highest BCUT2D eigenvalue weighted by Gasteiger charge is 2.48. The Balaban J connectivity index is 1.54. The Morgan fingerprint density at radius 3 is 2.49 bits per heavy atom. The van der Waals surface area contributed by atoms with Crippen molar-refractivity contribution in [1.82, 2.24) is 20.0 Å². The Morgan fingerprint density at radius 2 is 1.85 bits per heavy atom. The summed E-state index contributed by atoms with van der Waals surface area (Å²) < 4.78 is 2.66. The van der Waals surface area contributed by atoms with Gasteiger partial charge in [-0.25, -0.2) is 4.68 Å². The van der Waals surface area contributed by atoms with Crippen molar-refractivity contribution in [3.8, 4) is 0 Å². The van der Waals surface area contributed by atoms with Crippen LogP contribution in [0.15, 0.2) is 53.1 Å². The molecule has 0 bridgehead atoms. The van der Waals surface area contributed by atoms with Gasteiger partial charge in [0.05, 0.1) is 28.9 Å². The van der Waals surface area contributed by atoms with Gasteiger partial charge in [0.15, 0.2) is 0 Å². The average Bonchev–Trinajstić information content (AvgIpc) is 3.32. The van der Waals surface area contributed by atoms with E-state index in [1.165, 1.54) is 0 Å². The number of anilines is 2. The predicted octanol–water partition coefficient (Wildman–Crippen LogP) is 5.63. The Kier molecular flexibility index (Phi) is 7.57. The number of nitrogens with one attached hydrogen (secondary N) is 1. The maximum Gasteiger partial charge on any atom is 0.254 e. The first kappa shape index (κ1) is 27.4. The molecule has 3 atom stereocenters. The van der Waals surface area contributed by atoms with Gasteiger partial charge in [0.1, 0.15) is 5.82 Å². The van der Waals surface area contributed by atoms with E-state index in [0.29, 0.717) is 40.7 Å². The molecule has 5 rings (SSSR count). The van der Waals surface area contributed by atoms with Crippen LogP contribution >= 0.6 is 27.5 Å². The second-order valence-electron chi connectivity index (χ2n) is 10.7. The summed E-state index contributed by atoms with van der Waals surface area (Å²) in [6, 6.07) is 11.8. The number of likely N-dealkylation sites (tertiary alicyclic amines) is 1. The zero-order valence-electron chi connectivity index (χ0n) is 22.3. The topological polar surface area (TPSA) is 87.5 Å². The molecule has 0 spiro atoms. The Hall–Kier alpha value is -3.17. The predicted molar refractivity (Wildman–Crippen MR) is 155 cm³/mol. The van der Waals surface area contributed by atoms with Crippen molar-refractivity contribution in [3.05, 3.63) is 74.8 Å². The van der Waals surface area contributed by atoms with Gasteiger partial charge in [-0.3, -0.25) is 19.3 Å². The number of benzene rings is 2. The van der Waals surface area contributed by atoms with E-state index in [1.54, 1.807) is 54.4 Å². The number of aromatic nitrogens is 2. The molecule has 10 heteroatoms. The van der Waals surface area contributed by atoms with Crippen molar-refractivity contribution in [3.63, 3.8) is 0 Å². The van der Waals surface area contributed by atoms with Crippen molar-refractivity contribution in [2.75, 3.05) is 18.5 Å². The van der Waals surface area contributed by atoms with Crippen LogP contribution in [0.2, 0.25) is 5.02 Å². The van der Waals surface area contributed by atoms with Crippen LogP contribution in [0.25, 0.3) is 0 Å². The molecule has 2 aliphatic heterocycles. The molecule has 0 aliphatic carbocycles. The molecule has 1 fully saturated rings. The van der Waals surface area contributed by atoms with E-state index >= 15 is 0 Å². The fourth-order valence-corrected chi connectivity index (χ4v) is 6.07. The monoisotopic (exact) mass is 611 g/mol. The molecule has 3 amide bonds. The minimum atomic E-state index is -0.351. The summed E-state index contributed by atoms with van der Waals surface area (Å²) in [6.45, 7) is 6.61. The summed E-state index contributed by atoms with van der Waals surface area (Å²) in [5.41, 5.74) is 2.69. The molecule has 1 saturated heterocycles. The van der Waals surface area contributed by atoms with E-state index < -0.39 is 0 Å². The van der Waals surface area contributed by atoms with Gasteiger partial charge in [-0.15, -0.1) is 0 Å². The number of fused-ring (bicyclic) bond motifs is 3. The Bertz CT molecular complexity index is 1440. The van der Waals surface area contributed by atoms with Gasteiger partial charge < -0.3 is 10.2 Å². The number of nitrogens with zero attached hydrogens (tertiary/aromatic N) is 4. The number of amides is 3. The summed E-state index contributed by atoms with van der Waals surface area (Å²) in [6.07, 6.45) is 3.10. The standard InChI is InChI=1S/C29H31BrClN5O3/c1-16(2)11-20-14-33-36-25-15-34(28(38)19-7-10-23(30)24(31)13-19)17(3)12-22(25)29(39)35(27(20)36)21-8-5-18(6-9-21)26(37)32-4/h5-10,13-14,16-17,22,25H,11-12,15H2,1-4H3,(H,32,37)/t17-,22?,25?/m0/s1. The lowest BCUT2D eigenvalue weighted by atomic mass is 9.84. The normalized spacial score (nSPS) is 20.6. The van der Waals surface area contributed by atoms with Gasteiger partial charge in [0.2, 0.25) is 5.91 Å². The number of carbonyl (C=O) groups excluding carboxylic acids is 3. The SMILES string of the molecule is CNC(=O)c1ccc(N2C(=O)C3C[C@H](C)N(C(=O)c4ccc(Br)c(Cl)c4)CC3n3ncc(CC(C)C)c32)cc1. The maximum absolute atomic E-state index is 14.2. The number of halogens is 2. The number of carbonyl (C=O) groups is 3. The molecule has 39 heavy (non-hydrogen) atoms. The van der Waals surface area contributed by atoms with Crippen LogP contribution in [0.1, 0.15) is 59.5 Å². The minimum absolute atomic E-state index is 0.0173. The second-order valence-corrected chi connectivity index (χ2v) is 11.9. The summed E-state index contributed by atoms with van der Waals surface area (Å²) in [7, 11) is 1.59. The van der Waals surface area contributed by atoms with Crippen molar-refractivity contribution < 1.29 is 14.4 Å². The van der Waals surface area contributed by atoms with E-state index in [-0.39, 0.29) is 35.7 Å². The van der Waals surface area contributed by atoms with E-state index in [2.05, 4.69) is 35.1 Å². The number of hydrogen-bond donors (Lipinski definition) is 1. The number of rotatable bonds is 5. The molecule has 2 unspecified atom stereocenters. The van der Waals surface area contributed by atoms with Gasteiger partial charge >= 0.3 is 0 Å². The van der Waals surface area contributed by atoms with Crippen LogP contribution in [0.4, 0.5) is 11.5 Å². The van der Waals surface area contributed by atoms with Gasteiger partial charge in [-0.1, -0.05) is 25.4 Å². The first-order valence-electron chi connectivity index (χ1n) is 13.1. The highest BCUT2D eigenvalue weighted by molar-refractivity contribution is 9.10. The van der Waals surface area contributed by atoms with Crippen LogP contribution in [-0.4, -0.2) is 52.0 Å². The van der Waals surface area contributed by atoms with Crippen LogP contribution in [0, 0.1) is 11.8 Å². The van der Waals surface area contributed by atoms with E-state index in [1.807, 2.05) is 22.7 Å². The van der Waals surface area contributed by atoms with Gasteiger partial charge in [0.25, 0.3) is 11.8 Å². The molecule has 2 aromatic carbocycles. The zero-order chi connectivity index (χ0) is 28.0. The molecular formula is C29H31BrClN5O3. The first-order valence-corrected chi connectivity index (χ1v) is 14.3. The fourth-order valence-electron chi connectivity index (χ4n) is 5.64. The smallest absolute Gasteiger partial charge is 0.254 e. The summed E-state index contributed by atoms with van der Waals surface area (Å²) >= 11 is 9.66. The third-order valence-corrected chi connectivity index (χ3v) is 8.78. The molecule has 3 aromatic rings. The lowest BCUT2D eigenvalue weighted by Gasteiger charge is -2.47. The molecule has 0 saturated carbocycles. The van der Waals surface area contributed by atoms with Crippen LogP contribution in [0.3, 0.4) is 0 Å². The number of hydrogen-bond acceptors (Lipinski definition) is 4. The van der Waals surface area contributed by atoms with Gasteiger partial charge in [-0.2, -0.15) is 5.10 Å². The fraction of sp³-hybridized carbons (Fsp3) is 0.379. The van der Waals surface area contributed by atoms with E-state index in [4.69, 9.17) is 16.7 Å². The quantitative estimate of drug-likeness (QED) is 0.405. The molecule has 0 radical (unpaired) electrons. The van der Waals surface area contributed by atoms with Crippen LogP contribution < -0.4 is 10.2 Å². The molecule has 3 heterocycles. The third-order valence-electron chi connectivity index (χ3n) is 7.55. The molecule has 204 valence electrons. The second kappa shape index (κ2) is 10.8. The Labute approximate surface area is 241 Å². The molecule has 2 aliphatic rings. The summed E-state index contributed by atoms with van der Waals surface area (Å²) in [4.78, 5) is 43.4. The molecule has 1 N–H and O–H groups in total. The molecule has 1 aromatic heterocycles.